The number of aryl methyl sites for hydroxylation is 1. The van der Waals surface area contributed by atoms with E-state index in [4.69, 9.17) is 14.2 Å². The molecule has 0 N–H and O–H groups in total. The fourth-order valence-corrected chi connectivity index (χ4v) is 3.42. The van der Waals surface area contributed by atoms with Crippen molar-refractivity contribution in [1.29, 1.82) is 0 Å². The van der Waals surface area contributed by atoms with Crippen molar-refractivity contribution in [2.24, 2.45) is 0 Å². The van der Waals surface area contributed by atoms with Crippen molar-refractivity contribution in [2.45, 2.75) is 39.2 Å². The number of carbonyl (C=O) groups excluding carboxylic acids is 2. The first-order valence-electron chi connectivity index (χ1n) is 9.57. The number of allylic oxidation sites excluding steroid dienone is 1. The molecule has 2 aliphatic rings. The number of esters is 1. The van der Waals surface area contributed by atoms with Gasteiger partial charge in [-0.2, -0.15) is 0 Å². The number of carbonyl (C=O) groups is 2. The molecule has 1 saturated heterocycles. The van der Waals surface area contributed by atoms with E-state index in [-0.39, 0.29) is 11.5 Å². The molecule has 2 heterocycles. The molecule has 0 amide bonds. The Morgan fingerprint density at radius 2 is 2.00 bits per heavy atom. The van der Waals surface area contributed by atoms with Crippen LogP contribution < -0.4 is 9.47 Å². The SMILES string of the molecule is CCc1ccc(/C=C2\Oc3c(ccc(OC(=O)C4CCCO4)c3C)C2=O)cc1. The number of hydrogen-bond donors (Lipinski definition) is 0. The maximum absolute atomic E-state index is 12.7. The molecular formula is C23H22O5. The van der Waals surface area contributed by atoms with Gasteiger partial charge in [0, 0.05) is 12.2 Å². The Morgan fingerprint density at radius 3 is 2.68 bits per heavy atom. The van der Waals surface area contributed by atoms with Gasteiger partial charge in [-0.25, -0.2) is 4.79 Å². The summed E-state index contributed by atoms with van der Waals surface area (Å²) in [5.41, 5.74) is 3.24. The molecule has 1 fully saturated rings. The zero-order valence-electron chi connectivity index (χ0n) is 16.0. The van der Waals surface area contributed by atoms with Crippen LogP contribution in [0.3, 0.4) is 0 Å². The lowest BCUT2D eigenvalue weighted by Gasteiger charge is -2.12. The second-order valence-corrected chi connectivity index (χ2v) is 7.02. The molecule has 4 rings (SSSR count). The summed E-state index contributed by atoms with van der Waals surface area (Å²) in [7, 11) is 0. The number of benzene rings is 2. The number of ether oxygens (including phenoxy) is 3. The Kier molecular flexibility index (Phi) is 5.01. The molecule has 0 aliphatic carbocycles. The van der Waals surface area contributed by atoms with Crippen LogP contribution in [-0.2, 0) is 16.0 Å². The monoisotopic (exact) mass is 378 g/mol. The topological polar surface area (TPSA) is 61.8 Å². The minimum Gasteiger partial charge on any atom is -0.452 e. The molecule has 5 heteroatoms. The van der Waals surface area contributed by atoms with Crippen molar-refractivity contribution in [1.82, 2.24) is 0 Å². The van der Waals surface area contributed by atoms with Crippen molar-refractivity contribution in [3.8, 4) is 11.5 Å². The summed E-state index contributed by atoms with van der Waals surface area (Å²) in [5, 5.41) is 0. The zero-order valence-corrected chi connectivity index (χ0v) is 16.0. The molecule has 2 aliphatic heterocycles. The fourth-order valence-electron chi connectivity index (χ4n) is 3.42. The smallest absolute Gasteiger partial charge is 0.340 e. The van der Waals surface area contributed by atoms with E-state index in [9.17, 15) is 9.59 Å². The van der Waals surface area contributed by atoms with E-state index in [1.807, 2.05) is 24.3 Å². The van der Waals surface area contributed by atoms with Crippen LogP contribution in [0.5, 0.6) is 11.5 Å². The van der Waals surface area contributed by atoms with Crippen LogP contribution in [0.1, 0.15) is 46.8 Å². The van der Waals surface area contributed by atoms with Gasteiger partial charge in [-0.15, -0.1) is 0 Å². The second kappa shape index (κ2) is 7.60. The molecule has 0 saturated carbocycles. The van der Waals surface area contributed by atoms with Crippen molar-refractivity contribution in [2.75, 3.05) is 6.61 Å². The van der Waals surface area contributed by atoms with Crippen molar-refractivity contribution in [3.05, 3.63) is 64.4 Å². The number of ketones is 1. The van der Waals surface area contributed by atoms with Gasteiger partial charge in [-0.1, -0.05) is 31.2 Å². The van der Waals surface area contributed by atoms with Crippen LogP contribution >= 0.6 is 0 Å². The first-order chi connectivity index (χ1) is 13.6. The van der Waals surface area contributed by atoms with E-state index >= 15 is 0 Å². The van der Waals surface area contributed by atoms with Gasteiger partial charge in [0.1, 0.15) is 11.5 Å². The Hall–Kier alpha value is -2.92. The minimum atomic E-state index is -0.517. The fraction of sp³-hybridized carbons (Fsp3) is 0.304. The highest BCUT2D eigenvalue weighted by Crippen LogP contribution is 2.39. The summed E-state index contributed by atoms with van der Waals surface area (Å²) < 4.78 is 16.7. The number of Topliss-reactive ketones (excluding diaryl/α,β-unsaturated/α-hetero) is 1. The first-order valence-corrected chi connectivity index (χ1v) is 9.57. The number of rotatable bonds is 4. The van der Waals surface area contributed by atoms with Crippen LogP contribution in [0.2, 0.25) is 0 Å². The molecule has 1 unspecified atom stereocenters. The average molecular weight is 378 g/mol. The predicted octanol–water partition coefficient (Wildman–Crippen LogP) is 4.26. The van der Waals surface area contributed by atoms with Gasteiger partial charge in [-0.3, -0.25) is 4.79 Å². The summed E-state index contributed by atoms with van der Waals surface area (Å²) in [4.78, 5) is 24.9. The Morgan fingerprint density at radius 1 is 1.21 bits per heavy atom. The Bertz CT molecular complexity index is 950. The third-order valence-corrected chi connectivity index (χ3v) is 5.13. The molecule has 0 radical (unpaired) electrons. The summed E-state index contributed by atoms with van der Waals surface area (Å²) in [6.45, 7) is 4.46. The van der Waals surface area contributed by atoms with E-state index in [0.717, 1.165) is 18.4 Å². The van der Waals surface area contributed by atoms with Gasteiger partial charge >= 0.3 is 5.97 Å². The molecule has 0 aromatic heterocycles. The molecule has 0 bridgehead atoms. The summed E-state index contributed by atoms with van der Waals surface area (Å²) in [5.74, 6) is 0.524. The highest BCUT2D eigenvalue weighted by molar-refractivity contribution is 6.15. The molecule has 1 atom stereocenters. The predicted molar refractivity (Wildman–Crippen MR) is 105 cm³/mol. The van der Waals surface area contributed by atoms with Crippen molar-refractivity contribution in [3.63, 3.8) is 0 Å². The third-order valence-electron chi connectivity index (χ3n) is 5.13. The van der Waals surface area contributed by atoms with Crippen molar-refractivity contribution < 1.29 is 23.8 Å². The lowest BCUT2D eigenvalue weighted by atomic mass is 10.0. The van der Waals surface area contributed by atoms with E-state index in [1.165, 1.54) is 5.56 Å². The van der Waals surface area contributed by atoms with E-state index < -0.39 is 12.1 Å². The Balaban J connectivity index is 1.57. The lowest BCUT2D eigenvalue weighted by molar-refractivity contribution is -0.144. The quantitative estimate of drug-likeness (QED) is 0.452. The van der Waals surface area contributed by atoms with Crippen LogP contribution in [0.4, 0.5) is 0 Å². The maximum atomic E-state index is 12.7. The highest BCUT2D eigenvalue weighted by Gasteiger charge is 2.32. The third kappa shape index (κ3) is 3.45. The van der Waals surface area contributed by atoms with Crippen LogP contribution in [-0.4, -0.2) is 24.5 Å². The van der Waals surface area contributed by atoms with E-state index in [2.05, 4.69) is 6.92 Å². The van der Waals surface area contributed by atoms with Gasteiger partial charge < -0.3 is 14.2 Å². The van der Waals surface area contributed by atoms with Crippen LogP contribution in [0.15, 0.2) is 42.2 Å². The highest BCUT2D eigenvalue weighted by atomic mass is 16.6. The molecule has 28 heavy (non-hydrogen) atoms. The normalized spacial score (nSPS) is 19.6. The van der Waals surface area contributed by atoms with Gasteiger partial charge in [-0.05, 0) is 55.5 Å². The number of hydrogen-bond acceptors (Lipinski definition) is 5. The lowest BCUT2D eigenvalue weighted by Crippen LogP contribution is -2.25. The maximum Gasteiger partial charge on any atom is 0.340 e. The average Bonchev–Trinajstić information content (AvgIpc) is 3.35. The molecule has 5 nitrogen and oxygen atoms in total. The standard InChI is InChI=1S/C23H22O5/c1-3-15-6-8-16(9-7-15)13-20-21(24)17-10-11-18(14(2)22(17)27-20)28-23(25)19-5-4-12-26-19/h6-11,13,19H,3-5,12H2,1-2H3/b20-13-. The van der Waals surface area contributed by atoms with Crippen LogP contribution in [0.25, 0.3) is 6.08 Å². The van der Waals surface area contributed by atoms with Gasteiger partial charge in [0.15, 0.2) is 11.9 Å². The van der Waals surface area contributed by atoms with Gasteiger partial charge in [0.2, 0.25) is 5.78 Å². The zero-order chi connectivity index (χ0) is 19.7. The first kappa shape index (κ1) is 18.4. The Labute approximate surface area is 163 Å². The molecule has 144 valence electrons. The van der Waals surface area contributed by atoms with Gasteiger partial charge in [0.25, 0.3) is 0 Å². The largest absolute Gasteiger partial charge is 0.452 e. The molecular weight excluding hydrogens is 356 g/mol. The summed E-state index contributed by atoms with van der Waals surface area (Å²) in [6, 6.07) is 11.3. The molecule has 0 spiro atoms. The molecule has 2 aromatic carbocycles. The van der Waals surface area contributed by atoms with E-state index in [0.29, 0.717) is 35.7 Å². The summed E-state index contributed by atoms with van der Waals surface area (Å²) >= 11 is 0. The minimum absolute atomic E-state index is 0.172. The second-order valence-electron chi connectivity index (χ2n) is 7.02. The van der Waals surface area contributed by atoms with Gasteiger partial charge in [0.05, 0.1) is 5.56 Å². The van der Waals surface area contributed by atoms with Crippen LogP contribution in [0, 0.1) is 6.92 Å². The van der Waals surface area contributed by atoms with Crippen molar-refractivity contribution >= 4 is 17.8 Å². The number of fused-ring (bicyclic) bond motifs is 1. The van der Waals surface area contributed by atoms with E-state index in [1.54, 1.807) is 25.1 Å². The summed E-state index contributed by atoms with van der Waals surface area (Å²) in [6.07, 6.45) is 3.70. The molecule has 2 aromatic rings.